The van der Waals surface area contributed by atoms with E-state index in [4.69, 9.17) is 0 Å². The van der Waals surface area contributed by atoms with E-state index in [-0.39, 0.29) is 5.56 Å². The van der Waals surface area contributed by atoms with Gasteiger partial charge in [-0.25, -0.2) is 4.98 Å². The lowest BCUT2D eigenvalue weighted by Crippen LogP contribution is -2.44. The molecular formula is C15H15F3N6. The molecule has 3 aromatic rings. The van der Waals surface area contributed by atoms with Crippen molar-refractivity contribution < 1.29 is 13.2 Å². The van der Waals surface area contributed by atoms with E-state index >= 15 is 0 Å². The third-order valence-electron chi connectivity index (χ3n) is 4.28. The molecule has 0 bridgehead atoms. The highest BCUT2D eigenvalue weighted by atomic mass is 19.4. The number of anilines is 1. The Hall–Kier alpha value is -2.42. The zero-order valence-electron chi connectivity index (χ0n) is 12.9. The van der Waals surface area contributed by atoms with E-state index in [0.717, 1.165) is 32.2 Å². The Morgan fingerprint density at radius 1 is 1.17 bits per heavy atom. The van der Waals surface area contributed by atoms with Gasteiger partial charge in [0, 0.05) is 26.2 Å². The summed E-state index contributed by atoms with van der Waals surface area (Å²) in [6.45, 7) is 4.63. The number of hydrogen-bond donors (Lipinski definition) is 1. The second-order valence-electron chi connectivity index (χ2n) is 5.85. The van der Waals surface area contributed by atoms with Gasteiger partial charge < -0.3 is 10.2 Å². The van der Waals surface area contributed by atoms with E-state index < -0.39 is 11.7 Å². The second kappa shape index (κ2) is 5.30. The summed E-state index contributed by atoms with van der Waals surface area (Å²) in [4.78, 5) is 6.67. The van der Waals surface area contributed by atoms with Crippen molar-refractivity contribution in [2.45, 2.75) is 13.1 Å². The Morgan fingerprint density at radius 3 is 2.62 bits per heavy atom. The molecule has 24 heavy (non-hydrogen) atoms. The Morgan fingerprint density at radius 2 is 1.92 bits per heavy atom. The minimum absolute atomic E-state index is 0.154. The lowest BCUT2D eigenvalue weighted by molar-refractivity contribution is -0.137. The van der Waals surface area contributed by atoms with Crippen molar-refractivity contribution in [2.75, 3.05) is 31.1 Å². The van der Waals surface area contributed by atoms with Crippen LogP contribution in [0.5, 0.6) is 0 Å². The van der Waals surface area contributed by atoms with E-state index in [2.05, 4.69) is 25.4 Å². The number of rotatable bonds is 1. The van der Waals surface area contributed by atoms with Crippen LogP contribution in [-0.4, -0.2) is 45.8 Å². The molecule has 0 unspecified atom stereocenters. The number of halogens is 3. The van der Waals surface area contributed by atoms with Gasteiger partial charge in [0.2, 0.25) is 5.65 Å². The molecule has 0 atom stereocenters. The fourth-order valence-electron chi connectivity index (χ4n) is 3.09. The number of piperazine rings is 1. The average Bonchev–Trinajstić information content (AvgIpc) is 3.03. The Kier molecular flexibility index (Phi) is 3.34. The van der Waals surface area contributed by atoms with Crippen LogP contribution in [0.15, 0.2) is 18.5 Å². The molecule has 1 aliphatic rings. The Balaban J connectivity index is 1.98. The number of nitrogens with one attached hydrogen (secondary N) is 1. The smallest absolute Gasteiger partial charge is 0.351 e. The molecule has 1 saturated heterocycles. The number of hydrogen-bond acceptors (Lipinski definition) is 5. The van der Waals surface area contributed by atoms with Crippen molar-refractivity contribution in [3.63, 3.8) is 0 Å². The highest BCUT2D eigenvalue weighted by molar-refractivity contribution is 5.84. The molecule has 4 rings (SSSR count). The molecule has 2 aromatic heterocycles. The molecule has 1 fully saturated rings. The molecule has 1 aliphatic heterocycles. The summed E-state index contributed by atoms with van der Waals surface area (Å²) in [6.07, 6.45) is -2.98. The van der Waals surface area contributed by atoms with Crippen LogP contribution in [0.3, 0.4) is 0 Å². The zero-order valence-corrected chi connectivity index (χ0v) is 12.9. The Labute approximate surface area is 135 Å². The van der Waals surface area contributed by atoms with E-state index in [1.165, 1.54) is 19.3 Å². The minimum atomic E-state index is -4.41. The molecule has 1 aromatic carbocycles. The number of aryl methyl sites for hydroxylation is 1. The van der Waals surface area contributed by atoms with Crippen LogP contribution in [0.1, 0.15) is 11.1 Å². The fourth-order valence-corrected chi connectivity index (χ4v) is 3.09. The summed E-state index contributed by atoms with van der Waals surface area (Å²) in [5, 5.41) is 11.2. The molecular weight excluding hydrogens is 321 g/mol. The predicted molar refractivity (Wildman–Crippen MR) is 83.1 cm³/mol. The van der Waals surface area contributed by atoms with Crippen molar-refractivity contribution in [3.05, 3.63) is 29.6 Å². The van der Waals surface area contributed by atoms with E-state index in [1.54, 1.807) is 4.40 Å². The molecule has 126 valence electrons. The maximum absolute atomic E-state index is 13.2. The zero-order chi connectivity index (χ0) is 16.9. The van der Waals surface area contributed by atoms with Gasteiger partial charge in [0.25, 0.3) is 0 Å². The quantitative estimate of drug-likeness (QED) is 0.737. The van der Waals surface area contributed by atoms with Crippen LogP contribution < -0.4 is 10.2 Å². The molecule has 0 spiro atoms. The van der Waals surface area contributed by atoms with Crippen molar-refractivity contribution in [1.29, 1.82) is 0 Å². The molecule has 0 aliphatic carbocycles. The maximum Gasteiger partial charge on any atom is 0.416 e. The van der Waals surface area contributed by atoms with Gasteiger partial charge in [-0.15, -0.1) is 10.2 Å². The summed E-state index contributed by atoms with van der Waals surface area (Å²) in [5.74, 6) is 0.653. The van der Waals surface area contributed by atoms with Gasteiger partial charge in [0.1, 0.15) is 6.33 Å². The van der Waals surface area contributed by atoms with Gasteiger partial charge >= 0.3 is 6.18 Å². The third kappa shape index (κ3) is 2.35. The van der Waals surface area contributed by atoms with Crippen LogP contribution in [0, 0.1) is 6.92 Å². The number of aromatic nitrogens is 4. The van der Waals surface area contributed by atoms with Crippen molar-refractivity contribution in [2.24, 2.45) is 0 Å². The number of fused-ring (bicyclic) bond motifs is 3. The molecule has 6 nitrogen and oxygen atoms in total. The number of nitrogens with zero attached hydrogens (tertiary/aromatic N) is 5. The monoisotopic (exact) mass is 336 g/mol. The van der Waals surface area contributed by atoms with Crippen molar-refractivity contribution in [1.82, 2.24) is 24.9 Å². The summed E-state index contributed by atoms with van der Waals surface area (Å²) in [6, 6.07) is 2.60. The van der Waals surface area contributed by atoms with E-state index in [0.29, 0.717) is 22.5 Å². The maximum atomic E-state index is 13.2. The summed E-state index contributed by atoms with van der Waals surface area (Å²) in [5.41, 5.74) is 0.817. The van der Waals surface area contributed by atoms with Crippen LogP contribution in [0.2, 0.25) is 0 Å². The largest absolute Gasteiger partial charge is 0.416 e. The first kappa shape index (κ1) is 15.1. The third-order valence-corrected chi connectivity index (χ3v) is 4.28. The van der Waals surface area contributed by atoms with Crippen molar-refractivity contribution >= 4 is 22.5 Å². The molecule has 9 heteroatoms. The SMILES string of the molecule is Cc1cc2nc(N3CCNCC3)c3nncn3c2cc1C(F)(F)F. The van der Waals surface area contributed by atoms with Gasteiger partial charge in [-0.2, -0.15) is 13.2 Å². The highest BCUT2D eigenvalue weighted by Gasteiger charge is 2.33. The topological polar surface area (TPSA) is 58.4 Å². The van der Waals surface area contributed by atoms with Gasteiger partial charge in [0.05, 0.1) is 16.6 Å². The van der Waals surface area contributed by atoms with Gasteiger partial charge in [0.15, 0.2) is 5.82 Å². The highest BCUT2D eigenvalue weighted by Crippen LogP contribution is 2.35. The normalized spacial score (nSPS) is 16.2. The lowest BCUT2D eigenvalue weighted by atomic mass is 10.1. The standard InChI is InChI=1S/C15H15F3N6/c1-9-6-11-12(7-10(9)15(16,17)18)24-8-20-22-14(24)13(21-11)23-4-2-19-3-5-23/h6-8,19H,2-5H2,1H3. The van der Waals surface area contributed by atoms with Crippen LogP contribution in [-0.2, 0) is 6.18 Å². The number of benzene rings is 1. The van der Waals surface area contributed by atoms with Gasteiger partial charge in [-0.3, -0.25) is 4.40 Å². The number of alkyl halides is 3. The second-order valence-corrected chi connectivity index (χ2v) is 5.85. The molecule has 0 amide bonds. The molecule has 3 heterocycles. The molecule has 0 radical (unpaired) electrons. The summed E-state index contributed by atoms with van der Waals surface area (Å²) >= 11 is 0. The fraction of sp³-hybridized carbons (Fsp3) is 0.400. The predicted octanol–water partition coefficient (Wildman–Crippen LogP) is 2.01. The van der Waals surface area contributed by atoms with Gasteiger partial charge in [-0.1, -0.05) is 0 Å². The van der Waals surface area contributed by atoms with E-state index in [1.807, 2.05) is 0 Å². The summed E-state index contributed by atoms with van der Waals surface area (Å²) in [7, 11) is 0. The first-order valence-corrected chi connectivity index (χ1v) is 7.62. The first-order chi connectivity index (χ1) is 11.4. The van der Waals surface area contributed by atoms with Crippen molar-refractivity contribution in [3.8, 4) is 0 Å². The Bertz CT molecular complexity index is 911. The first-order valence-electron chi connectivity index (χ1n) is 7.62. The van der Waals surface area contributed by atoms with Crippen LogP contribution >= 0.6 is 0 Å². The molecule has 0 saturated carbocycles. The minimum Gasteiger partial charge on any atom is -0.351 e. The van der Waals surface area contributed by atoms with Gasteiger partial charge in [-0.05, 0) is 24.6 Å². The molecule has 1 N–H and O–H groups in total. The van der Waals surface area contributed by atoms with E-state index in [9.17, 15) is 13.2 Å². The summed E-state index contributed by atoms with van der Waals surface area (Å²) < 4.78 is 41.2. The average molecular weight is 336 g/mol. The van der Waals surface area contributed by atoms with Crippen LogP contribution in [0.25, 0.3) is 16.7 Å². The lowest BCUT2D eigenvalue weighted by Gasteiger charge is -2.28. The van der Waals surface area contributed by atoms with Crippen LogP contribution in [0.4, 0.5) is 19.0 Å².